The molecule has 0 rings (SSSR count). The normalized spacial score (nSPS) is 11.6. The molecule has 66 valence electrons. The van der Waals surface area contributed by atoms with Crippen molar-refractivity contribution < 1.29 is 14.0 Å². The van der Waals surface area contributed by atoms with Crippen molar-refractivity contribution >= 4 is 5.78 Å². The summed E-state index contributed by atoms with van der Waals surface area (Å²) >= 11 is 0. The smallest absolute Gasteiger partial charge is 0.183 e. The maximum atomic E-state index is 10.8. The van der Waals surface area contributed by atoms with Crippen molar-refractivity contribution in [1.82, 2.24) is 0 Å². The summed E-state index contributed by atoms with van der Waals surface area (Å²) in [7, 11) is 5.73. The Balaban J connectivity index is 3.70. The predicted octanol–water partition coefficient (Wildman–Crippen LogP) is 0.298. The molecule has 0 aliphatic rings. The SMILES string of the molecule is COCC[N+](C)(C)CC(C)=O. The van der Waals surface area contributed by atoms with E-state index in [4.69, 9.17) is 4.74 Å². The highest BCUT2D eigenvalue weighted by atomic mass is 16.5. The minimum absolute atomic E-state index is 0.228. The fourth-order valence-electron chi connectivity index (χ4n) is 1.02. The molecule has 0 N–H and O–H groups in total. The van der Waals surface area contributed by atoms with E-state index in [0.717, 1.165) is 6.54 Å². The zero-order chi connectivity index (χ0) is 8.91. The van der Waals surface area contributed by atoms with Crippen molar-refractivity contribution in [3.8, 4) is 0 Å². The number of ketones is 1. The van der Waals surface area contributed by atoms with Crippen LogP contribution in [-0.2, 0) is 9.53 Å². The van der Waals surface area contributed by atoms with Gasteiger partial charge in [0.25, 0.3) is 0 Å². The molecule has 0 aliphatic heterocycles. The van der Waals surface area contributed by atoms with Crippen LogP contribution in [-0.4, -0.2) is 51.2 Å². The van der Waals surface area contributed by atoms with Crippen LogP contribution in [0.4, 0.5) is 0 Å². The Bertz CT molecular complexity index is 132. The van der Waals surface area contributed by atoms with Crippen molar-refractivity contribution in [3.63, 3.8) is 0 Å². The number of methoxy groups -OCH3 is 1. The van der Waals surface area contributed by atoms with Gasteiger partial charge in [-0.3, -0.25) is 4.79 Å². The maximum Gasteiger partial charge on any atom is 0.183 e. The van der Waals surface area contributed by atoms with Gasteiger partial charge < -0.3 is 9.22 Å². The summed E-state index contributed by atoms with van der Waals surface area (Å²) in [6.45, 7) is 3.80. The number of ether oxygens (including phenoxy) is 1. The van der Waals surface area contributed by atoms with Gasteiger partial charge in [-0.05, 0) is 0 Å². The number of nitrogens with zero attached hydrogens (tertiary/aromatic N) is 1. The molecule has 0 saturated carbocycles. The first-order valence-corrected chi connectivity index (χ1v) is 3.78. The van der Waals surface area contributed by atoms with E-state index in [9.17, 15) is 4.79 Å². The molecule has 11 heavy (non-hydrogen) atoms. The standard InChI is InChI=1S/C8H18NO2/c1-8(10)7-9(2,3)5-6-11-4/h5-7H2,1-4H3/q+1. The van der Waals surface area contributed by atoms with E-state index < -0.39 is 0 Å². The zero-order valence-corrected chi connectivity index (χ0v) is 7.89. The molecule has 0 bridgehead atoms. The Morgan fingerprint density at radius 3 is 2.36 bits per heavy atom. The monoisotopic (exact) mass is 160 g/mol. The Hall–Kier alpha value is -0.410. The van der Waals surface area contributed by atoms with Gasteiger partial charge in [-0.1, -0.05) is 0 Å². The minimum Gasteiger partial charge on any atom is -0.379 e. The van der Waals surface area contributed by atoms with Crippen molar-refractivity contribution in [2.45, 2.75) is 6.92 Å². The van der Waals surface area contributed by atoms with Crippen molar-refractivity contribution in [2.24, 2.45) is 0 Å². The molecule has 0 amide bonds. The molecule has 0 radical (unpaired) electrons. The third kappa shape index (κ3) is 6.01. The third-order valence-corrected chi connectivity index (χ3v) is 1.55. The molecule has 0 aromatic rings. The van der Waals surface area contributed by atoms with E-state index in [1.807, 2.05) is 14.1 Å². The number of hydrogen-bond acceptors (Lipinski definition) is 2. The maximum absolute atomic E-state index is 10.8. The quantitative estimate of drug-likeness (QED) is 0.541. The number of quaternary nitrogens is 1. The molecular formula is C8H18NO2+. The van der Waals surface area contributed by atoms with Crippen LogP contribution in [0.1, 0.15) is 6.92 Å². The van der Waals surface area contributed by atoms with Gasteiger partial charge in [0.15, 0.2) is 5.78 Å². The summed E-state index contributed by atoms with van der Waals surface area (Å²) in [5.41, 5.74) is 0. The third-order valence-electron chi connectivity index (χ3n) is 1.55. The molecule has 0 unspecified atom stereocenters. The molecule has 0 aromatic heterocycles. The largest absolute Gasteiger partial charge is 0.379 e. The lowest BCUT2D eigenvalue weighted by Crippen LogP contribution is -2.45. The summed E-state index contributed by atoms with van der Waals surface area (Å²) in [6.07, 6.45) is 0. The van der Waals surface area contributed by atoms with Crippen molar-refractivity contribution in [3.05, 3.63) is 0 Å². The van der Waals surface area contributed by atoms with Crippen LogP contribution < -0.4 is 0 Å². The predicted molar refractivity (Wildman–Crippen MR) is 44.4 cm³/mol. The lowest BCUT2D eigenvalue weighted by atomic mass is 10.3. The first-order valence-electron chi connectivity index (χ1n) is 3.78. The van der Waals surface area contributed by atoms with E-state index in [1.165, 1.54) is 0 Å². The van der Waals surface area contributed by atoms with Gasteiger partial charge in [0.2, 0.25) is 0 Å². The molecule has 0 atom stereocenters. The van der Waals surface area contributed by atoms with Crippen LogP contribution in [0.5, 0.6) is 0 Å². The molecule has 0 aliphatic carbocycles. The molecule has 0 spiro atoms. The number of Topliss-reactive ketones (excluding diaryl/α,β-unsaturated/α-hetero) is 1. The van der Waals surface area contributed by atoms with E-state index in [1.54, 1.807) is 14.0 Å². The van der Waals surface area contributed by atoms with E-state index in [-0.39, 0.29) is 5.78 Å². The van der Waals surface area contributed by atoms with Gasteiger partial charge in [-0.15, -0.1) is 0 Å². The van der Waals surface area contributed by atoms with E-state index in [0.29, 0.717) is 17.6 Å². The van der Waals surface area contributed by atoms with Crippen molar-refractivity contribution in [1.29, 1.82) is 0 Å². The second-order valence-electron chi connectivity index (χ2n) is 3.51. The number of carbonyl (C=O) groups excluding carboxylic acids is 1. The van der Waals surface area contributed by atoms with Gasteiger partial charge in [0.1, 0.15) is 13.1 Å². The summed E-state index contributed by atoms with van der Waals surface area (Å²) in [5.74, 6) is 0.228. The Labute approximate surface area is 68.5 Å². The average Bonchev–Trinajstić information content (AvgIpc) is 1.81. The van der Waals surface area contributed by atoms with Crippen molar-refractivity contribution in [2.75, 3.05) is 40.9 Å². The number of carbonyl (C=O) groups is 1. The van der Waals surface area contributed by atoms with E-state index >= 15 is 0 Å². The highest BCUT2D eigenvalue weighted by molar-refractivity contribution is 5.76. The van der Waals surface area contributed by atoms with Crippen LogP contribution in [0.2, 0.25) is 0 Å². The lowest BCUT2D eigenvalue weighted by molar-refractivity contribution is -0.882. The summed E-state index contributed by atoms with van der Waals surface area (Å²) < 4.78 is 5.64. The molecular weight excluding hydrogens is 142 g/mol. The summed E-state index contributed by atoms with van der Waals surface area (Å²) in [6, 6.07) is 0. The molecule has 3 heteroatoms. The first-order chi connectivity index (χ1) is 4.98. The fourth-order valence-corrected chi connectivity index (χ4v) is 1.02. The van der Waals surface area contributed by atoms with Crippen LogP contribution >= 0.6 is 0 Å². The Kier molecular flexibility index (Phi) is 4.30. The van der Waals surface area contributed by atoms with Gasteiger partial charge in [0, 0.05) is 14.0 Å². The topological polar surface area (TPSA) is 26.3 Å². The van der Waals surface area contributed by atoms with Crippen LogP contribution in [0.3, 0.4) is 0 Å². The second-order valence-corrected chi connectivity index (χ2v) is 3.51. The van der Waals surface area contributed by atoms with Crippen LogP contribution in [0.25, 0.3) is 0 Å². The minimum atomic E-state index is 0.228. The summed E-state index contributed by atoms with van der Waals surface area (Å²) in [4.78, 5) is 10.8. The molecule has 0 saturated heterocycles. The molecule has 0 heterocycles. The van der Waals surface area contributed by atoms with Gasteiger partial charge in [-0.25, -0.2) is 0 Å². The number of likely N-dealkylation sites (N-methyl/N-ethyl adjacent to an activating group) is 1. The van der Waals surface area contributed by atoms with Gasteiger partial charge >= 0.3 is 0 Å². The zero-order valence-electron chi connectivity index (χ0n) is 7.89. The van der Waals surface area contributed by atoms with Crippen LogP contribution in [0, 0.1) is 0 Å². The van der Waals surface area contributed by atoms with Gasteiger partial charge in [-0.2, -0.15) is 0 Å². The lowest BCUT2D eigenvalue weighted by Gasteiger charge is -2.27. The fraction of sp³-hybridized carbons (Fsp3) is 0.875. The molecule has 0 fully saturated rings. The van der Waals surface area contributed by atoms with Crippen LogP contribution in [0.15, 0.2) is 0 Å². The number of hydrogen-bond donors (Lipinski definition) is 0. The Morgan fingerprint density at radius 1 is 1.45 bits per heavy atom. The summed E-state index contributed by atoms with van der Waals surface area (Å²) in [5, 5.41) is 0. The second kappa shape index (κ2) is 4.46. The first kappa shape index (κ1) is 10.6. The highest BCUT2D eigenvalue weighted by Crippen LogP contribution is 1.95. The average molecular weight is 160 g/mol. The molecule has 3 nitrogen and oxygen atoms in total. The number of rotatable bonds is 5. The van der Waals surface area contributed by atoms with E-state index in [2.05, 4.69) is 0 Å². The van der Waals surface area contributed by atoms with Gasteiger partial charge in [0.05, 0.1) is 20.7 Å². The molecule has 0 aromatic carbocycles. The highest BCUT2D eigenvalue weighted by Gasteiger charge is 2.16. The Morgan fingerprint density at radius 2 is 2.00 bits per heavy atom.